The first-order valence-corrected chi connectivity index (χ1v) is 7.86. The molecular formula is C13H11F6N5O2S. The highest BCUT2D eigenvalue weighted by Gasteiger charge is 2.38. The van der Waals surface area contributed by atoms with E-state index < -0.39 is 35.3 Å². The van der Waals surface area contributed by atoms with Gasteiger partial charge in [-0.3, -0.25) is 4.79 Å². The lowest BCUT2D eigenvalue weighted by Gasteiger charge is -2.13. The van der Waals surface area contributed by atoms with Crippen molar-refractivity contribution in [2.45, 2.75) is 29.9 Å². The number of nitrogens with two attached hydrogens (primary N) is 1. The van der Waals surface area contributed by atoms with Gasteiger partial charge in [-0.05, 0) is 31.2 Å². The predicted octanol–water partition coefficient (Wildman–Crippen LogP) is 3.03. The third-order valence-corrected chi connectivity index (χ3v) is 3.98. The number of nitrogen functional groups attached to an aromatic ring is 1. The normalized spacial score (nSPS) is 13.3. The van der Waals surface area contributed by atoms with E-state index in [2.05, 4.69) is 20.3 Å². The highest BCUT2D eigenvalue weighted by molar-refractivity contribution is 8.00. The molecule has 14 heteroatoms. The van der Waals surface area contributed by atoms with Crippen molar-refractivity contribution in [1.82, 2.24) is 14.9 Å². The molecule has 0 spiro atoms. The lowest BCUT2D eigenvalue weighted by Crippen LogP contribution is -2.25. The van der Waals surface area contributed by atoms with Crippen LogP contribution in [0.1, 0.15) is 12.7 Å². The minimum Gasteiger partial charge on any atom is -0.406 e. The van der Waals surface area contributed by atoms with Gasteiger partial charge < -0.3 is 15.9 Å². The number of ether oxygens (including phenoxy) is 1. The third-order valence-electron chi connectivity index (χ3n) is 2.92. The Morgan fingerprint density at radius 3 is 2.26 bits per heavy atom. The fourth-order valence-corrected chi connectivity index (χ4v) is 2.52. The monoisotopic (exact) mass is 415 g/mol. The maximum absolute atomic E-state index is 12.6. The Morgan fingerprint density at radius 2 is 1.78 bits per heavy atom. The Bertz CT molecular complexity index is 805. The Labute approximate surface area is 151 Å². The first-order chi connectivity index (χ1) is 12.4. The summed E-state index contributed by atoms with van der Waals surface area (Å²) in [5.41, 5.74) is 0.159. The summed E-state index contributed by atoms with van der Waals surface area (Å²) in [6, 6.07) is 4.33. The number of amides is 1. The number of nitrogens with one attached hydrogen (secondary N) is 1. The minimum atomic E-state index is -4.84. The smallest absolute Gasteiger partial charge is 0.406 e. The van der Waals surface area contributed by atoms with E-state index in [1.54, 1.807) is 0 Å². The number of rotatable bonds is 5. The van der Waals surface area contributed by atoms with Gasteiger partial charge >= 0.3 is 12.5 Å². The van der Waals surface area contributed by atoms with Crippen LogP contribution in [0.4, 0.5) is 32.0 Å². The molecule has 0 aliphatic rings. The fraction of sp³-hybridized carbons (Fsp3) is 0.308. The quantitative estimate of drug-likeness (QED) is 0.443. The van der Waals surface area contributed by atoms with Gasteiger partial charge in [0.25, 0.3) is 5.82 Å². The minimum absolute atomic E-state index is 0.159. The lowest BCUT2D eigenvalue weighted by atomic mass is 10.3. The van der Waals surface area contributed by atoms with Crippen LogP contribution in [-0.4, -0.2) is 32.4 Å². The molecule has 1 aromatic heterocycles. The molecule has 0 radical (unpaired) electrons. The maximum Gasteiger partial charge on any atom is 0.573 e. The zero-order valence-corrected chi connectivity index (χ0v) is 14.1. The summed E-state index contributed by atoms with van der Waals surface area (Å²) in [7, 11) is 0. The molecule has 1 heterocycles. The number of thioether (sulfide) groups is 1. The predicted molar refractivity (Wildman–Crippen MR) is 82.2 cm³/mol. The van der Waals surface area contributed by atoms with Gasteiger partial charge in [0.2, 0.25) is 11.1 Å². The van der Waals surface area contributed by atoms with Crippen LogP contribution in [0.3, 0.4) is 0 Å². The molecule has 1 aromatic carbocycles. The summed E-state index contributed by atoms with van der Waals surface area (Å²) < 4.78 is 78.0. The molecule has 1 amide bonds. The van der Waals surface area contributed by atoms with E-state index in [1.807, 2.05) is 0 Å². The molecule has 148 valence electrons. The highest BCUT2D eigenvalue weighted by atomic mass is 32.2. The molecular weight excluding hydrogens is 404 g/mol. The Morgan fingerprint density at radius 1 is 1.19 bits per heavy atom. The van der Waals surface area contributed by atoms with Crippen molar-refractivity contribution in [1.29, 1.82) is 0 Å². The lowest BCUT2D eigenvalue weighted by molar-refractivity contribution is -0.274. The zero-order valence-electron chi connectivity index (χ0n) is 13.3. The van der Waals surface area contributed by atoms with Gasteiger partial charge in [-0.1, -0.05) is 11.8 Å². The van der Waals surface area contributed by atoms with Crippen molar-refractivity contribution in [3.8, 4) is 5.75 Å². The number of halogens is 6. The Balaban J connectivity index is 1.99. The van der Waals surface area contributed by atoms with Crippen LogP contribution in [0.5, 0.6) is 5.75 Å². The molecule has 0 saturated heterocycles. The molecule has 1 unspecified atom stereocenters. The molecule has 0 saturated carbocycles. The van der Waals surface area contributed by atoms with Crippen molar-refractivity contribution in [3.63, 3.8) is 0 Å². The molecule has 1 atom stereocenters. The molecule has 0 bridgehead atoms. The van der Waals surface area contributed by atoms with Crippen molar-refractivity contribution < 1.29 is 35.9 Å². The molecule has 3 N–H and O–H groups in total. The zero-order chi connectivity index (χ0) is 20.4. The fourth-order valence-electron chi connectivity index (χ4n) is 1.75. The first-order valence-electron chi connectivity index (χ1n) is 6.98. The van der Waals surface area contributed by atoms with Crippen molar-refractivity contribution >= 4 is 23.4 Å². The van der Waals surface area contributed by atoms with E-state index in [1.165, 1.54) is 19.1 Å². The van der Waals surface area contributed by atoms with Gasteiger partial charge in [0.1, 0.15) is 5.75 Å². The first kappa shape index (κ1) is 20.7. The summed E-state index contributed by atoms with van der Waals surface area (Å²) in [5, 5.41) is 7.34. The third kappa shape index (κ3) is 5.67. The maximum atomic E-state index is 12.6. The number of carbonyl (C=O) groups is 1. The van der Waals surface area contributed by atoms with Crippen LogP contribution in [0, 0.1) is 0 Å². The Kier molecular flexibility index (Phi) is 5.77. The van der Waals surface area contributed by atoms with Gasteiger partial charge in [-0.25, -0.2) is 4.68 Å². The second kappa shape index (κ2) is 7.54. The summed E-state index contributed by atoms with van der Waals surface area (Å²) in [5.74, 6) is 2.74. The largest absolute Gasteiger partial charge is 0.573 e. The number of hydrogen-bond donors (Lipinski definition) is 2. The second-order valence-electron chi connectivity index (χ2n) is 5.00. The van der Waals surface area contributed by atoms with Gasteiger partial charge in [-0.2, -0.15) is 13.2 Å². The van der Waals surface area contributed by atoms with Crippen LogP contribution in [-0.2, 0) is 11.0 Å². The van der Waals surface area contributed by atoms with E-state index in [-0.39, 0.29) is 15.5 Å². The van der Waals surface area contributed by atoms with Crippen LogP contribution >= 0.6 is 11.8 Å². The van der Waals surface area contributed by atoms with Crippen molar-refractivity contribution in [2.75, 3.05) is 11.2 Å². The number of benzene rings is 1. The van der Waals surface area contributed by atoms with Crippen molar-refractivity contribution in [2.24, 2.45) is 0 Å². The van der Waals surface area contributed by atoms with Crippen LogP contribution in [0.25, 0.3) is 0 Å². The number of anilines is 1. The SMILES string of the molecule is CC(Sc1nnc(C(F)(F)F)n1N)C(=O)Nc1ccc(OC(F)(F)F)cc1. The molecule has 27 heavy (non-hydrogen) atoms. The number of aromatic nitrogens is 3. The highest BCUT2D eigenvalue weighted by Crippen LogP contribution is 2.30. The van der Waals surface area contributed by atoms with Gasteiger partial charge in [0.15, 0.2) is 0 Å². The van der Waals surface area contributed by atoms with E-state index >= 15 is 0 Å². The van der Waals surface area contributed by atoms with E-state index in [0.717, 1.165) is 12.1 Å². The standard InChI is InChI=1S/C13H11F6N5O2S/c1-6(27-11-23-22-10(24(11)20)12(14,15)16)9(25)21-7-2-4-8(5-3-7)26-13(17,18)19/h2-6H,20H2,1H3,(H,21,25). The second-order valence-corrected chi connectivity index (χ2v) is 6.30. The van der Waals surface area contributed by atoms with Gasteiger partial charge in [0.05, 0.1) is 5.25 Å². The Hall–Kier alpha value is -2.64. The van der Waals surface area contributed by atoms with Crippen LogP contribution < -0.4 is 15.9 Å². The molecule has 2 rings (SSSR count). The van der Waals surface area contributed by atoms with E-state index in [0.29, 0.717) is 11.8 Å². The topological polar surface area (TPSA) is 95.1 Å². The summed E-state index contributed by atoms with van der Waals surface area (Å²) >= 11 is 0.624. The molecule has 7 nitrogen and oxygen atoms in total. The summed E-state index contributed by atoms with van der Waals surface area (Å²) in [6.45, 7) is 1.38. The van der Waals surface area contributed by atoms with E-state index in [9.17, 15) is 31.1 Å². The average Bonchev–Trinajstić information content (AvgIpc) is 2.88. The van der Waals surface area contributed by atoms with Gasteiger partial charge in [-0.15, -0.1) is 23.4 Å². The molecule has 0 aliphatic carbocycles. The number of nitrogens with zero attached hydrogens (tertiary/aromatic N) is 3. The van der Waals surface area contributed by atoms with Crippen LogP contribution in [0.2, 0.25) is 0 Å². The number of alkyl halides is 6. The number of hydrogen-bond acceptors (Lipinski definition) is 6. The van der Waals surface area contributed by atoms with Crippen LogP contribution in [0.15, 0.2) is 29.4 Å². The summed E-state index contributed by atoms with van der Waals surface area (Å²) in [6.07, 6.45) is -9.64. The van der Waals surface area contributed by atoms with Gasteiger partial charge in [0, 0.05) is 5.69 Å². The molecule has 0 fully saturated rings. The summed E-state index contributed by atoms with van der Waals surface area (Å²) in [4.78, 5) is 12.1. The van der Waals surface area contributed by atoms with Crippen molar-refractivity contribution in [3.05, 3.63) is 30.1 Å². The average molecular weight is 415 g/mol. The number of carbonyl (C=O) groups excluding carboxylic acids is 1. The molecule has 0 aliphatic heterocycles. The molecule has 2 aromatic rings. The van der Waals surface area contributed by atoms with E-state index in [4.69, 9.17) is 5.84 Å².